The minimum Gasteiger partial charge on any atom is -0.453 e. The fourth-order valence-corrected chi connectivity index (χ4v) is 1.77. The lowest BCUT2D eigenvalue weighted by molar-refractivity contribution is -0.302. The highest BCUT2D eigenvalue weighted by atomic mass is 19.4. The van der Waals surface area contributed by atoms with E-state index in [2.05, 4.69) is 0 Å². The molecule has 146 valence electrons. The van der Waals surface area contributed by atoms with Crippen molar-refractivity contribution in [3.8, 4) is 5.75 Å². The third-order valence-corrected chi connectivity index (χ3v) is 4.40. The number of rotatable bonds is 6. The van der Waals surface area contributed by atoms with Gasteiger partial charge in [-0.3, -0.25) is 4.79 Å². The SMILES string of the molecule is CCC(C)C(=O)Oc1ccc(C(=O)OC(C)(C)C(C)(O)C(F)(F)F)cc1. The Morgan fingerprint density at radius 2 is 1.62 bits per heavy atom. The molecule has 0 radical (unpaired) electrons. The molecule has 0 spiro atoms. The average Bonchev–Trinajstić information content (AvgIpc) is 2.52. The van der Waals surface area contributed by atoms with E-state index in [4.69, 9.17) is 9.47 Å². The zero-order valence-corrected chi connectivity index (χ0v) is 15.3. The minimum atomic E-state index is -4.98. The number of hydrogen-bond acceptors (Lipinski definition) is 5. The molecule has 0 fully saturated rings. The van der Waals surface area contributed by atoms with Gasteiger partial charge < -0.3 is 14.6 Å². The van der Waals surface area contributed by atoms with Gasteiger partial charge >= 0.3 is 18.1 Å². The number of carbonyl (C=O) groups is 2. The summed E-state index contributed by atoms with van der Waals surface area (Å²) in [5, 5.41) is 9.73. The van der Waals surface area contributed by atoms with E-state index in [1.165, 1.54) is 24.3 Å². The summed E-state index contributed by atoms with van der Waals surface area (Å²) in [5.74, 6) is -1.55. The zero-order valence-electron chi connectivity index (χ0n) is 15.3. The van der Waals surface area contributed by atoms with Gasteiger partial charge in [-0.05, 0) is 51.5 Å². The topological polar surface area (TPSA) is 72.8 Å². The first-order chi connectivity index (χ1) is 11.7. The van der Waals surface area contributed by atoms with E-state index in [1.807, 2.05) is 6.92 Å². The van der Waals surface area contributed by atoms with Crippen LogP contribution in [0.2, 0.25) is 0 Å². The van der Waals surface area contributed by atoms with Crippen LogP contribution in [0, 0.1) is 5.92 Å². The Morgan fingerprint density at radius 3 is 2.04 bits per heavy atom. The van der Waals surface area contributed by atoms with E-state index in [9.17, 15) is 27.9 Å². The zero-order chi connectivity index (χ0) is 20.3. The number of alkyl halides is 3. The van der Waals surface area contributed by atoms with Crippen molar-refractivity contribution in [2.24, 2.45) is 5.92 Å². The first-order valence-electron chi connectivity index (χ1n) is 8.07. The van der Waals surface area contributed by atoms with Gasteiger partial charge in [0, 0.05) is 0 Å². The van der Waals surface area contributed by atoms with Crippen LogP contribution in [-0.4, -0.2) is 34.4 Å². The highest BCUT2D eigenvalue weighted by molar-refractivity contribution is 5.90. The first kappa shape index (κ1) is 22.0. The molecule has 0 heterocycles. The largest absolute Gasteiger partial charge is 0.453 e. The smallest absolute Gasteiger partial charge is 0.420 e. The third-order valence-electron chi connectivity index (χ3n) is 4.40. The molecule has 1 aromatic carbocycles. The summed E-state index contributed by atoms with van der Waals surface area (Å²) >= 11 is 0. The maximum Gasteiger partial charge on any atom is 0.420 e. The van der Waals surface area contributed by atoms with Gasteiger partial charge in [-0.15, -0.1) is 0 Å². The van der Waals surface area contributed by atoms with Crippen molar-refractivity contribution in [2.75, 3.05) is 0 Å². The molecule has 0 bridgehead atoms. The fourth-order valence-electron chi connectivity index (χ4n) is 1.77. The van der Waals surface area contributed by atoms with E-state index in [0.29, 0.717) is 13.3 Å². The summed E-state index contributed by atoms with van der Waals surface area (Å²) in [5.41, 5.74) is -5.50. The van der Waals surface area contributed by atoms with Gasteiger partial charge in [-0.25, -0.2) is 4.79 Å². The van der Waals surface area contributed by atoms with Gasteiger partial charge in [-0.2, -0.15) is 13.2 Å². The van der Waals surface area contributed by atoms with Crippen LogP contribution >= 0.6 is 0 Å². The number of halogens is 3. The van der Waals surface area contributed by atoms with Crippen LogP contribution in [0.4, 0.5) is 13.2 Å². The number of hydrogen-bond donors (Lipinski definition) is 1. The quantitative estimate of drug-likeness (QED) is 0.602. The van der Waals surface area contributed by atoms with Crippen LogP contribution in [-0.2, 0) is 9.53 Å². The number of aliphatic hydroxyl groups is 1. The maximum atomic E-state index is 13.0. The molecule has 0 aliphatic heterocycles. The lowest BCUT2D eigenvalue weighted by atomic mass is 9.86. The monoisotopic (exact) mass is 376 g/mol. The first-order valence-corrected chi connectivity index (χ1v) is 8.07. The van der Waals surface area contributed by atoms with Crippen LogP contribution in [0.3, 0.4) is 0 Å². The lowest BCUT2D eigenvalue weighted by Gasteiger charge is -2.40. The van der Waals surface area contributed by atoms with Crippen molar-refractivity contribution >= 4 is 11.9 Å². The summed E-state index contributed by atoms with van der Waals surface area (Å²) in [6.45, 7) is 6.03. The molecule has 0 aliphatic rings. The van der Waals surface area contributed by atoms with Crippen molar-refractivity contribution in [3.63, 3.8) is 0 Å². The predicted octanol–water partition coefficient (Wildman–Crippen LogP) is 3.89. The number of ether oxygens (including phenoxy) is 2. The molecule has 1 N–H and O–H groups in total. The Balaban J connectivity index is 2.87. The van der Waals surface area contributed by atoms with E-state index in [-0.39, 0.29) is 17.2 Å². The van der Waals surface area contributed by atoms with E-state index in [1.54, 1.807) is 6.92 Å². The second-order valence-electron chi connectivity index (χ2n) is 6.72. The minimum absolute atomic E-state index is 0.0422. The van der Waals surface area contributed by atoms with Crippen molar-refractivity contribution < 1.29 is 37.3 Å². The average molecular weight is 376 g/mol. The van der Waals surface area contributed by atoms with Crippen LogP contribution < -0.4 is 4.74 Å². The molecule has 0 saturated heterocycles. The lowest BCUT2D eigenvalue weighted by Crippen LogP contribution is -2.59. The normalized spacial score (nSPS) is 15.7. The van der Waals surface area contributed by atoms with Crippen LogP contribution in [0.5, 0.6) is 5.75 Å². The van der Waals surface area contributed by atoms with Gasteiger partial charge in [0.05, 0.1) is 11.5 Å². The van der Waals surface area contributed by atoms with Crippen molar-refractivity contribution in [1.82, 2.24) is 0 Å². The second kappa shape index (κ2) is 7.65. The Kier molecular flexibility index (Phi) is 6.46. The molecule has 1 aromatic rings. The van der Waals surface area contributed by atoms with Crippen molar-refractivity contribution in [3.05, 3.63) is 29.8 Å². The Bertz CT molecular complexity index is 648. The summed E-state index contributed by atoms with van der Waals surface area (Å²) in [7, 11) is 0. The molecule has 0 aliphatic carbocycles. The Hall–Kier alpha value is -2.09. The van der Waals surface area contributed by atoms with Gasteiger partial charge in [0.1, 0.15) is 11.4 Å². The third kappa shape index (κ3) is 4.75. The number of benzene rings is 1. The van der Waals surface area contributed by atoms with Gasteiger partial charge in [0.2, 0.25) is 0 Å². The molecule has 8 heteroatoms. The maximum absolute atomic E-state index is 13.0. The Morgan fingerprint density at radius 1 is 1.12 bits per heavy atom. The van der Waals surface area contributed by atoms with Gasteiger partial charge in [0.15, 0.2) is 5.60 Å². The molecular formula is C18H23F3O5. The molecule has 0 aromatic heterocycles. The molecular weight excluding hydrogens is 353 g/mol. The summed E-state index contributed by atoms with van der Waals surface area (Å²) in [4.78, 5) is 23.8. The van der Waals surface area contributed by atoms with Crippen LogP contribution in [0.15, 0.2) is 24.3 Å². The highest BCUT2D eigenvalue weighted by Gasteiger charge is 2.61. The molecule has 1 rings (SSSR count). The molecule has 0 saturated carbocycles. The Labute approximate surface area is 150 Å². The highest BCUT2D eigenvalue weighted by Crippen LogP contribution is 2.40. The number of esters is 2. The molecule has 26 heavy (non-hydrogen) atoms. The van der Waals surface area contributed by atoms with Gasteiger partial charge in [0.25, 0.3) is 0 Å². The summed E-state index contributed by atoms with van der Waals surface area (Å²) in [6, 6.07) is 5.21. The second-order valence-corrected chi connectivity index (χ2v) is 6.72. The van der Waals surface area contributed by atoms with Crippen molar-refractivity contribution in [2.45, 2.75) is 58.4 Å². The molecule has 2 atom stereocenters. The molecule has 2 unspecified atom stereocenters. The predicted molar refractivity (Wildman–Crippen MR) is 87.7 cm³/mol. The van der Waals surface area contributed by atoms with Gasteiger partial charge in [-0.1, -0.05) is 13.8 Å². The molecule has 0 amide bonds. The van der Waals surface area contributed by atoms with E-state index in [0.717, 1.165) is 13.8 Å². The van der Waals surface area contributed by atoms with E-state index < -0.39 is 29.3 Å². The standard InChI is InChI=1S/C18H23F3O5/c1-6-11(2)14(22)25-13-9-7-12(8-10-13)15(23)26-16(3,4)17(5,24)18(19,20)21/h7-11,24H,6H2,1-5H3. The molecule has 5 nitrogen and oxygen atoms in total. The fraction of sp³-hybridized carbons (Fsp3) is 0.556. The summed E-state index contributed by atoms with van der Waals surface area (Å²) in [6.07, 6.45) is -4.37. The summed E-state index contributed by atoms with van der Waals surface area (Å²) < 4.78 is 48.9. The number of carbonyl (C=O) groups excluding carboxylic acids is 2. The van der Waals surface area contributed by atoms with Crippen molar-refractivity contribution in [1.29, 1.82) is 0 Å². The van der Waals surface area contributed by atoms with Crippen LogP contribution in [0.25, 0.3) is 0 Å². The van der Waals surface area contributed by atoms with Crippen LogP contribution in [0.1, 0.15) is 51.4 Å². The van der Waals surface area contributed by atoms with E-state index >= 15 is 0 Å².